The molecular weight excluding hydrogens is 219 g/mol. The van der Waals surface area contributed by atoms with Gasteiger partial charge in [-0.2, -0.15) is 0 Å². The van der Waals surface area contributed by atoms with Crippen LogP contribution in [0.5, 0.6) is 11.5 Å². The molecule has 3 heteroatoms. The number of ether oxygens (including phenoxy) is 1. The van der Waals surface area contributed by atoms with Crippen LogP contribution in [0.15, 0.2) is 48.5 Å². The summed E-state index contributed by atoms with van der Waals surface area (Å²) < 4.78 is 5.61. The largest absolute Gasteiger partial charge is 0.457 e. The van der Waals surface area contributed by atoms with Crippen molar-refractivity contribution in [1.82, 2.24) is 0 Å². The van der Waals surface area contributed by atoms with Crippen molar-refractivity contribution in [2.24, 2.45) is 0 Å². The third-order valence-corrected chi connectivity index (χ3v) is 2.54. The second-order valence-electron chi connectivity index (χ2n) is 3.33. The van der Waals surface area contributed by atoms with E-state index in [1.54, 1.807) is 12.1 Å². The predicted octanol–water partition coefficient (Wildman–Crippen LogP) is 2.79. The highest BCUT2D eigenvalue weighted by Gasteiger charge is 2.02. The summed E-state index contributed by atoms with van der Waals surface area (Å²) in [4.78, 5) is 10.8. The molecule has 0 saturated carbocycles. The molecule has 0 aromatic heterocycles. The fraction of sp³-hybridized carbons (Fsp3) is 0. The van der Waals surface area contributed by atoms with E-state index in [0.717, 1.165) is 17.3 Å². The first kappa shape index (κ1) is 10.8. The number of benzene rings is 2. The van der Waals surface area contributed by atoms with Crippen LogP contribution in [0.4, 0.5) is 0 Å². The molecule has 0 N–H and O–H groups in total. The van der Waals surface area contributed by atoms with Gasteiger partial charge in [-0.25, -0.2) is 0 Å². The Morgan fingerprint density at radius 2 is 1.69 bits per heavy atom. The smallest absolute Gasteiger partial charge is 0.153 e. The molecule has 0 aliphatic heterocycles. The molecule has 0 saturated heterocycles. The maximum atomic E-state index is 10.8. The van der Waals surface area contributed by atoms with E-state index in [1.165, 1.54) is 0 Å². The number of carbonyl (C=O) groups is 1. The molecule has 0 radical (unpaired) electrons. The van der Waals surface area contributed by atoms with Crippen molar-refractivity contribution in [1.29, 1.82) is 0 Å². The molecule has 2 aromatic carbocycles. The topological polar surface area (TPSA) is 26.3 Å². The Morgan fingerprint density at radius 1 is 1.00 bits per heavy atom. The lowest BCUT2D eigenvalue weighted by atomic mass is 10.2. The lowest BCUT2D eigenvalue weighted by Crippen LogP contribution is -1.92. The average molecular weight is 230 g/mol. The van der Waals surface area contributed by atoms with E-state index in [9.17, 15) is 4.79 Å². The third-order valence-electron chi connectivity index (χ3n) is 2.15. The van der Waals surface area contributed by atoms with E-state index in [0.29, 0.717) is 11.3 Å². The van der Waals surface area contributed by atoms with E-state index >= 15 is 0 Å². The quantitative estimate of drug-likeness (QED) is 0.598. The highest BCUT2D eigenvalue weighted by molar-refractivity contribution is 7.27. The molecular formula is C13H11O2P. The Hall–Kier alpha value is -1.66. The van der Waals surface area contributed by atoms with Gasteiger partial charge < -0.3 is 4.74 Å². The van der Waals surface area contributed by atoms with E-state index in [1.807, 2.05) is 36.4 Å². The van der Waals surface area contributed by atoms with Crippen molar-refractivity contribution in [3.05, 3.63) is 54.1 Å². The molecule has 2 nitrogen and oxygen atoms in total. The summed E-state index contributed by atoms with van der Waals surface area (Å²) in [6, 6.07) is 14.8. The van der Waals surface area contributed by atoms with Crippen LogP contribution >= 0.6 is 9.24 Å². The zero-order valence-corrected chi connectivity index (χ0v) is 9.74. The van der Waals surface area contributed by atoms with Crippen LogP contribution in [-0.2, 0) is 0 Å². The molecule has 0 spiro atoms. The predicted molar refractivity (Wildman–Crippen MR) is 67.7 cm³/mol. The van der Waals surface area contributed by atoms with Crippen molar-refractivity contribution in [3.63, 3.8) is 0 Å². The summed E-state index contributed by atoms with van der Waals surface area (Å²) in [6.07, 6.45) is 0.791. The first-order valence-electron chi connectivity index (χ1n) is 4.87. The van der Waals surface area contributed by atoms with E-state index in [4.69, 9.17) is 4.74 Å². The minimum atomic E-state index is 0.553. The molecule has 0 bridgehead atoms. The van der Waals surface area contributed by atoms with Crippen LogP contribution in [0.2, 0.25) is 0 Å². The van der Waals surface area contributed by atoms with Gasteiger partial charge in [0, 0.05) is 0 Å². The number of carbonyl (C=O) groups excluding carboxylic acids is 1. The van der Waals surface area contributed by atoms with Crippen molar-refractivity contribution in [2.75, 3.05) is 0 Å². The SMILES string of the molecule is O=Cc1ccccc1Oc1ccc(P)cc1. The Bertz CT molecular complexity index is 492. The van der Waals surface area contributed by atoms with Crippen molar-refractivity contribution < 1.29 is 9.53 Å². The van der Waals surface area contributed by atoms with Gasteiger partial charge in [0.2, 0.25) is 0 Å². The Labute approximate surface area is 96.5 Å². The fourth-order valence-corrected chi connectivity index (χ4v) is 1.53. The maximum absolute atomic E-state index is 10.8. The van der Waals surface area contributed by atoms with Gasteiger partial charge in [0.25, 0.3) is 0 Å². The van der Waals surface area contributed by atoms with Crippen LogP contribution in [0.25, 0.3) is 0 Å². The number of hydrogen-bond acceptors (Lipinski definition) is 2. The molecule has 2 rings (SSSR count). The van der Waals surface area contributed by atoms with Gasteiger partial charge >= 0.3 is 0 Å². The van der Waals surface area contributed by atoms with Gasteiger partial charge in [-0.15, -0.1) is 9.24 Å². The molecule has 1 atom stereocenters. The van der Waals surface area contributed by atoms with Gasteiger partial charge in [-0.05, 0) is 29.6 Å². The summed E-state index contributed by atoms with van der Waals surface area (Å²) in [5.41, 5.74) is 0.553. The monoisotopic (exact) mass is 230 g/mol. The van der Waals surface area contributed by atoms with Crippen LogP contribution in [0.3, 0.4) is 0 Å². The first-order valence-corrected chi connectivity index (χ1v) is 5.45. The normalized spacial score (nSPS) is 9.81. The molecule has 0 amide bonds. The summed E-state index contributed by atoms with van der Waals surface area (Å²) in [5, 5.41) is 1.09. The Balaban J connectivity index is 2.26. The first-order chi connectivity index (χ1) is 7.79. The second kappa shape index (κ2) is 4.91. The zero-order valence-electron chi connectivity index (χ0n) is 8.59. The van der Waals surface area contributed by atoms with Gasteiger partial charge in [0.1, 0.15) is 11.5 Å². The van der Waals surface area contributed by atoms with E-state index in [2.05, 4.69) is 9.24 Å². The Kier molecular flexibility index (Phi) is 3.33. The van der Waals surface area contributed by atoms with E-state index < -0.39 is 0 Å². The fourth-order valence-electron chi connectivity index (χ4n) is 1.33. The lowest BCUT2D eigenvalue weighted by Gasteiger charge is -2.07. The molecule has 80 valence electrons. The number of para-hydroxylation sites is 1. The van der Waals surface area contributed by atoms with Crippen molar-refractivity contribution in [3.8, 4) is 11.5 Å². The van der Waals surface area contributed by atoms with Crippen LogP contribution in [0, 0.1) is 0 Å². The number of rotatable bonds is 3. The van der Waals surface area contributed by atoms with Gasteiger partial charge in [-0.3, -0.25) is 4.79 Å². The molecule has 2 aromatic rings. The number of aldehydes is 1. The molecule has 0 fully saturated rings. The molecule has 0 aliphatic carbocycles. The summed E-state index contributed by atoms with van der Waals surface area (Å²) >= 11 is 0. The van der Waals surface area contributed by atoms with Crippen molar-refractivity contribution in [2.45, 2.75) is 0 Å². The summed E-state index contributed by atoms with van der Waals surface area (Å²) in [7, 11) is 2.61. The van der Waals surface area contributed by atoms with E-state index in [-0.39, 0.29) is 0 Å². The lowest BCUT2D eigenvalue weighted by molar-refractivity contribution is 0.112. The molecule has 16 heavy (non-hydrogen) atoms. The highest BCUT2D eigenvalue weighted by Crippen LogP contribution is 2.23. The van der Waals surface area contributed by atoms with Gasteiger partial charge in [0.15, 0.2) is 6.29 Å². The second-order valence-corrected chi connectivity index (χ2v) is 3.99. The van der Waals surface area contributed by atoms with Gasteiger partial charge in [-0.1, -0.05) is 24.3 Å². The maximum Gasteiger partial charge on any atom is 0.153 e. The molecule has 1 unspecified atom stereocenters. The standard InChI is InChI=1S/C13H11O2P/c14-9-10-3-1-2-4-13(10)15-11-5-7-12(16)8-6-11/h1-9H,16H2. The zero-order chi connectivity index (χ0) is 11.4. The molecule has 0 aliphatic rings. The van der Waals surface area contributed by atoms with Crippen LogP contribution in [-0.4, -0.2) is 6.29 Å². The minimum absolute atomic E-state index is 0.553. The van der Waals surface area contributed by atoms with Crippen LogP contribution in [0.1, 0.15) is 10.4 Å². The number of hydrogen-bond donors (Lipinski definition) is 0. The summed E-state index contributed by atoms with van der Waals surface area (Å²) in [6.45, 7) is 0. The van der Waals surface area contributed by atoms with Crippen LogP contribution < -0.4 is 10.0 Å². The summed E-state index contributed by atoms with van der Waals surface area (Å²) in [5.74, 6) is 1.30. The van der Waals surface area contributed by atoms with Gasteiger partial charge in [0.05, 0.1) is 5.56 Å². The minimum Gasteiger partial charge on any atom is -0.457 e. The Morgan fingerprint density at radius 3 is 2.38 bits per heavy atom. The van der Waals surface area contributed by atoms with Crippen molar-refractivity contribution >= 4 is 20.8 Å². The highest BCUT2D eigenvalue weighted by atomic mass is 31.0. The molecule has 0 heterocycles. The third kappa shape index (κ3) is 2.47. The average Bonchev–Trinajstić information content (AvgIpc) is 2.33.